The van der Waals surface area contributed by atoms with Gasteiger partial charge in [0.25, 0.3) is 0 Å². The van der Waals surface area contributed by atoms with Crippen molar-refractivity contribution in [3.8, 4) is 17.2 Å². The van der Waals surface area contributed by atoms with Gasteiger partial charge in [0.1, 0.15) is 17.2 Å². The van der Waals surface area contributed by atoms with E-state index in [0.717, 1.165) is 52.2 Å². The molecule has 5 heteroatoms. The second-order valence-electron chi connectivity index (χ2n) is 9.75. The largest absolute Gasteiger partial charge is 0.507 e. The number of phenolic OH excluding ortho intramolecular Hbond substituents is 1. The third kappa shape index (κ3) is 7.88. The van der Waals surface area contributed by atoms with Crippen molar-refractivity contribution in [1.82, 2.24) is 0 Å². The Morgan fingerprint density at radius 3 is 1.42 bits per heavy atom. The first-order valence-electron chi connectivity index (χ1n) is 12.8. The van der Waals surface area contributed by atoms with Crippen LogP contribution in [0.25, 0.3) is 0 Å². The molecule has 2 atom stereocenters. The summed E-state index contributed by atoms with van der Waals surface area (Å²) in [4.78, 5) is 0. The first kappa shape index (κ1) is 28.3. The molecule has 194 valence electrons. The molecular weight excluding hydrogens is 484 g/mol. The number of phenols is 1. The predicted molar refractivity (Wildman–Crippen MR) is 158 cm³/mol. The lowest BCUT2D eigenvalue weighted by Crippen LogP contribution is -2.12. The number of aromatic hydroxyl groups is 1. The fourth-order valence-corrected chi connectivity index (χ4v) is 4.35. The smallest absolute Gasteiger partial charge is 0.122 e. The van der Waals surface area contributed by atoms with Crippen molar-refractivity contribution in [2.75, 3.05) is 13.2 Å². The summed E-state index contributed by atoms with van der Waals surface area (Å²) in [7, 11) is 0. The zero-order valence-electron chi connectivity index (χ0n) is 22.2. The average Bonchev–Trinajstić information content (AvgIpc) is 2.85. The molecule has 0 saturated carbocycles. The van der Waals surface area contributed by atoms with Gasteiger partial charge < -0.3 is 14.6 Å². The van der Waals surface area contributed by atoms with E-state index in [1.54, 1.807) is 0 Å². The zero-order valence-corrected chi connectivity index (χ0v) is 24.0. The van der Waals surface area contributed by atoms with Crippen LogP contribution < -0.4 is 9.47 Å². The molecule has 0 aliphatic carbocycles. The summed E-state index contributed by atoms with van der Waals surface area (Å²) in [6.07, 6.45) is 3.08. The highest BCUT2D eigenvalue weighted by molar-refractivity contribution is 7.81. The highest BCUT2D eigenvalue weighted by Crippen LogP contribution is 2.34. The van der Waals surface area contributed by atoms with Crippen LogP contribution in [-0.4, -0.2) is 28.8 Å². The highest BCUT2D eigenvalue weighted by Gasteiger charge is 2.16. The van der Waals surface area contributed by atoms with Gasteiger partial charge >= 0.3 is 0 Å². The monoisotopic (exact) mass is 524 g/mol. The maximum Gasteiger partial charge on any atom is 0.122 e. The van der Waals surface area contributed by atoms with Crippen LogP contribution in [0.4, 0.5) is 0 Å². The number of rotatable bonds is 12. The van der Waals surface area contributed by atoms with Gasteiger partial charge in [-0.1, -0.05) is 66.9 Å². The number of hydrogen-bond acceptors (Lipinski definition) is 5. The van der Waals surface area contributed by atoms with E-state index in [0.29, 0.717) is 31.8 Å². The molecule has 3 nitrogen and oxygen atoms in total. The van der Waals surface area contributed by atoms with E-state index in [1.165, 1.54) is 11.1 Å². The van der Waals surface area contributed by atoms with Crippen molar-refractivity contribution in [3.63, 3.8) is 0 Å². The van der Waals surface area contributed by atoms with Gasteiger partial charge in [0.05, 0.1) is 13.2 Å². The zero-order chi connectivity index (χ0) is 26.2. The van der Waals surface area contributed by atoms with Crippen LogP contribution in [0.1, 0.15) is 65.6 Å². The third-order valence-electron chi connectivity index (χ3n) is 6.41. The molecular formula is C31H40O3S2. The van der Waals surface area contributed by atoms with Crippen molar-refractivity contribution in [3.05, 3.63) is 87.5 Å². The molecule has 36 heavy (non-hydrogen) atoms. The predicted octanol–water partition coefficient (Wildman–Crippen LogP) is 7.67. The molecule has 2 unspecified atom stereocenters. The van der Waals surface area contributed by atoms with E-state index in [2.05, 4.69) is 96.3 Å². The van der Waals surface area contributed by atoms with Crippen LogP contribution in [0, 0.1) is 20.8 Å². The van der Waals surface area contributed by atoms with Gasteiger partial charge in [0.15, 0.2) is 0 Å². The molecule has 0 fully saturated rings. The van der Waals surface area contributed by atoms with Crippen LogP contribution in [0.5, 0.6) is 17.2 Å². The summed E-state index contributed by atoms with van der Waals surface area (Å²) in [6.45, 7) is 11.6. The van der Waals surface area contributed by atoms with Gasteiger partial charge in [-0.15, -0.1) is 0 Å². The van der Waals surface area contributed by atoms with Crippen molar-refractivity contribution >= 4 is 25.3 Å². The summed E-state index contributed by atoms with van der Waals surface area (Å²) >= 11 is 9.14. The summed E-state index contributed by atoms with van der Waals surface area (Å²) in [5.41, 5.74) is 7.38. The van der Waals surface area contributed by atoms with Crippen molar-refractivity contribution in [1.29, 1.82) is 0 Å². The van der Waals surface area contributed by atoms with Crippen molar-refractivity contribution in [2.45, 2.75) is 70.8 Å². The third-order valence-corrected chi connectivity index (χ3v) is 7.44. The van der Waals surface area contributed by atoms with Crippen molar-refractivity contribution in [2.24, 2.45) is 0 Å². The minimum absolute atomic E-state index is 0.194. The Kier molecular flexibility index (Phi) is 10.5. The van der Waals surface area contributed by atoms with Crippen LogP contribution in [0.2, 0.25) is 0 Å². The maximum absolute atomic E-state index is 11.4. The molecule has 1 N–H and O–H groups in total. The molecule has 3 aromatic rings. The number of thiol groups is 2. The Morgan fingerprint density at radius 2 is 1.03 bits per heavy atom. The molecule has 0 radical (unpaired) electrons. The van der Waals surface area contributed by atoms with E-state index in [1.807, 2.05) is 12.1 Å². The SMILES string of the molecule is CCC(S)COc1ccc(C)cc1Cc1cc(C)cc(Cc2cc(C)ccc2OCC(S)CC)c1O. The summed E-state index contributed by atoms with van der Waals surface area (Å²) in [5.74, 6) is 2.03. The number of aryl methyl sites for hydroxylation is 3. The summed E-state index contributed by atoms with van der Waals surface area (Å²) < 4.78 is 12.2. The highest BCUT2D eigenvalue weighted by atomic mass is 32.1. The van der Waals surface area contributed by atoms with Gasteiger partial charge in [-0.3, -0.25) is 0 Å². The van der Waals surface area contributed by atoms with Crippen molar-refractivity contribution < 1.29 is 14.6 Å². The van der Waals surface area contributed by atoms with Crippen LogP contribution in [-0.2, 0) is 12.8 Å². The first-order valence-corrected chi connectivity index (χ1v) is 13.9. The van der Waals surface area contributed by atoms with Gasteiger partial charge in [-0.05, 0) is 68.0 Å². The van der Waals surface area contributed by atoms with Crippen LogP contribution in [0.15, 0.2) is 48.5 Å². The van der Waals surface area contributed by atoms with Gasteiger partial charge in [0.2, 0.25) is 0 Å². The lowest BCUT2D eigenvalue weighted by atomic mass is 9.94. The molecule has 0 aliphatic heterocycles. The lowest BCUT2D eigenvalue weighted by Gasteiger charge is -2.18. The maximum atomic E-state index is 11.4. The molecule has 0 bridgehead atoms. The van der Waals surface area contributed by atoms with Crippen LogP contribution in [0.3, 0.4) is 0 Å². The Morgan fingerprint density at radius 1 is 0.639 bits per heavy atom. The fourth-order valence-electron chi connectivity index (χ4n) is 4.20. The number of benzene rings is 3. The topological polar surface area (TPSA) is 38.7 Å². The average molecular weight is 525 g/mol. The Balaban J connectivity index is 1.90. The normalized spacial score (nSPS) is 12.9. The number of hydrogen-bond donors (Lipinski definition) is 3. The Hall–Kier alpha value is -2.24. The fraction of sp³-hybridized carbons (Fsp3) is 0.419. The second kappa shape index (κ2) is 13.3. The van der Waals surface area contributed by atoms with E-state index < -0.39 is 0 Å². The van der Waals surface area contributed by atoms with E-state index >= 15 is 0 Å². The van der Waals surface area contributed by atoms with E-state index in [-0.39, 0.29) is 10.5 Å². The molecule has 0 saturated heterocycles. The van der Waals surface area contributed by atoms with E-state index in [4.69, 9.17) is 9.47 Å². The first-order chi connectivity index (χ1) is 17.2. The molecule has 0 amide bonds. The summed E-state index contributed by atoms with van der Waals surface area (Å²) in [6, 6.07) is 16.6. The summed E-state index contributed by atoms with van der Waals surface area (Å²) in [5, 5.41) is 11.7. The minimum atomic E-state index is 0.194. The molecule has 0 spiro atoms. The molecule has 3 rings (SSSR count). The standard InChI is InChI=1S/C31H40O3S2/c1-6-27(35)18-33-29-10-8-20(3)12-23(29)16-25-14-22(5)15-26(31(25)32)17-24-13-21(4)9-11-30(24)34-19-28(36)7-2/h8-15,27-28,32,35-36H,6-7,16-19H2,1-5H3. The van der Waals surface area contributed by atoms with Gasteiger partial charge in [-0.2, -0.15) is 25.3 Å². The number of ether oxygens (including phenoxy) is 2. The minimum Gasteiger partial charge on any atom is -0.507 e. The van der Waals surface area contributed by atoms with Crippen LogP contribution >= 0.6 is 25.3 Å². The Labute approximate surface area is 228 Å². The second-order valence-corrected chi connectivity index (χ2v) is 11.2. The molecule has 3 aromatic carbocycles. The quantitative estimate of drug-likeness (QED) is 0.213. The van der Waals surface area contributed by atoms with Gasteiger partial charge in [-0.25, -0.2) is 0 Å². The molecule has 0 heterocycles. The molecule has 0 aliphatic rings. The Bertz CT molecular complexity index is 1070. The molecule has 0 aromatic heterocycles. The lowest BCUT2D eigenvalue weighted by molar-refractivity contribution is 0.312. The van der Waals surface area contributed by atoms with E-state index in [9.17, 15) is 5.11 Å². The van der Waals surface area contributed by atoms with Gasteiger partial charge in [0, 0.05) is 23.3 Å².